The normalized spacial score (nSPS) is 10.6. The molecule has 6 nitrogen and oxygen atoms in total. The standard InChI is InChI=1S/C23H26N2O4/c1-4-5-6-16-7-10-18(11-8-16)24-23(26)15-19-14-21(29-25-19)17-9-12-20(27-2)22(13-17)28-3/h7-14H,4-6,15H2,1-3H3,(H,24,26). The quantitative estimate of drug-likeness (QED) is 0.560. The molecule has 3 aromatic rings. The molecule has 6 heteroatoms. The summed E-state index contributed by atoms with van der Waals surface area (Å²) in [6.45, 7) is 2.18. The van der Waals surface area contributed by atoms with Crippen LogP contribution in [0.5, 0.6) is 11.5 Å². The first kappa shape index (κ1) is 20.5. The van der Waals surface area contributed by atoms with Crippen molar-refractivity contribution in [2.24, 2.45) is 0 Å². The predicted molar refractivity (Wildman–Crippen MR) is 112 cm³/mol. The molecule has 0 aliphatic carbocycles. The summed E-state index contributed by atoms with van der Waals surface area (Å²) in [7, 11) is 3.16. The smallest absolute Gasteiger partial charge is 0.230 e. The molecule has 0 unspecified atom stereocenters. The van der Waals surface area contributed by atoms with Gasteiger partial charge in [-0.1, -0.05) is 30.6 Å². The zero-order valence-corrected chi connectivity index (χ0v) is 17.0. The summed E-state index contributed by atoms with van der Waals surface area (Å²) >= 11 is 0. The number of ether oxygens (including phenoxy) is 2. The first-order valence-electron chi connectivity index (χ1n) is 9.69. The fourth-order valence-corrected chi connectivity index (χ4v) is 3.03. The molecule has 1 N–H and O–H groups in total. The predicted octanol–water partition coefficient (Wildman–Crippen LogP) is 4.88. The molecular weight excluding hydrogens is 368 g/mol. The third-order valence-corrected chi connectivity index (χ3v) is 4.63. The fourth-order valence-electron chi connectivity index (χ4n) is 3.03. The van der Waals surface area contributed by atoms with Crippen LogP contribution < -0.4 is 14.8 Å². The Morgan fingerprint density at radius 2 is 1.79 bits per heavy atom. The van der Waals surface area contributed by atoms with Gasteiger partial charge in [-0.05, 0) is 48.7 Å². The minimum atomic E-state index is -0.140. The monoisotopic (exact) mass is 394 g/mol. The van der Waals surface area contributed by atoms with Crippen molar-refractivity contribution < 1.29 is 18.8 Å². The minimum absolute atomic E-state index is 0.133. The van der Waals surface area contributed by atoms with E-state index in [2.05, 4.69) is 29.5 Å². The Hall–Kier alpha value is -3.28. The van der Waals surface area contributed by atoms with Crippen molar-refractivity contribution in [3.05, 3.63) is 59.8 Å². The van der Waals surface area contributed by atoms with Gasteiger partial charge in [0.05, 0.1) is 26.3 Å². The molecule has 0 aliphatic heterocycles. The molecule has 3 rings (SSSR count). The molecule has 1 amide bonds. The number of anilines is 1. The number of hydrogen-bond acceptors (Lipinski definition) is 5. The van der Waals surface area contributed by atoms with Gasteiger partial charge in [-0.25, -0.2) is 0 Å². The summed E-state index contributed by atoms with van der Waals surface area (Å²) in [4.78, 5) is 12.3. The van der Waals surface area contributed by atoms with E-state index in [-0.39, 0.29) is 12.3 Å². The Morgan fingerprint density at radius 3 is 2.48 bits per heavy atom. The maximum atomic E-state index is 12.3. The van der Waals surface area contributed by atoms with Gasteiger partial charge in [0.15, 0.2) is 17.3 Å². The molecule has 0 saturated heterocycles. The number of hydrogen-bond donors (Lipinski definition) is 1. The van der Waals surface area contributed by atoms with Crippen LogP contribution in [0.15, 0.2) is 53.1 Å². The zero-order chi connectivity index (χ0) is 20.6. The first-order valence-corrected chi connectivity index (χ1v) is 9.69. The number of carbonyl (C=O) groups excluding carboxylic acids is 1. The second-order valence-electron chi connectivity index (χ2n) is 6.78. The maximum Gasteiger partial charge on any atom is 0.230 e. The van der Waals surface area contributed by atoms with E-state index in [0.717, 1.165) is 17.7 Å². The minimum Gasteiger partial charge on any atom is -0.493 e. The highest BCUT2D eigenvalue weighted by molar-refractivity contribution is 5.92. The van der Waals surface area contributed by atoms with E-state index in [1.165, 1.54) is 18.4 Å². The van der Waals surface area contributed by atoms with Crippen LogP contribution >= 0.6 is 0 Å². The van der Waals surface area contributed by atoms with Crippen LogP contribution in [0.4, 0.5) is 5.69 Å². The SMILES string of the molecule is CCCCc1ccc(NC(=O)Cc2cc(-c3ccc(OC)c(OC)c3)on2)cc1. The van der Waals surface area contributed by atoms with Gasteiger partial charge in [0.1, 0.15) is 0 Å². The molecule has 0 spiro atoms. The van der Waals surface area contributed by atoms with Crippen molar-refractivity contribution in [3.8, 4) is 22.8 Å². The highest BCUT2D eigenvalue weighted by Gasteiger charge is 2.13. The third kappa shape index (κ3) is 5.38. The topological polar surface area (TPSA) is 73.6 Å². The molecule has 1 heterocycles. The summed E-state index contributed by atoms with van der Waals surface area (Å²) in [5.41, 5.74) is 3.41. The highest BCUT2D eigenvalue weighted by atomic mass is 16.5. The van der Waals surface area contributed by atoms with Gasteiger partial charge in [-0.3, -0.25) is 4.79 Å². The van der Waals surface area contributed by atoms with Crippen LogP contribution in [-0.2, 0) is 17.6 Å². The lowest BCUT2D eigenvalue weighted by Crippen LogP contribution is -2.14. The van der Waals surface area contributed by atoms with Crippen LogP contribution in [0.25, 0.3) is 11.3 Å². The largest absolute Gasteiger partial charge is 0.493 e. The molecule has 0 fully saturated rings. The average molecular weight is 394 g/mol. The molecule has 152 valence electrons. The van der Waals surface area contributed by atoms with E-state index in [1.807, 2.05) is 24.3 Å². The summed E-state index contributed by atoms with van der Waals surface area (Å²) in [5.74, 6) is 1.66. The van der Waals surface area contributed by atoms with Crippen molar-refractivity contribution in [3.63, 3.8) is 0 Å². The van der Waals surface area contributed by atoms with Crippen LogP contribution in [0.3, 0.4) is 0 Å². The van der Waals surface area contributed by atoms with Crippen molar-refractivity contribution in [2.45, 2.75) is 32.6 Å². The lowest BCUT2D eigenvalue weighted by Gasteiger charge is -2.07. The maximum absolute atomic E-state index is 12.3. The number of benzene rings is 2. The molecule has 0 radical (unpaired) electrons. The second kappa shape index (κ2) is 9.78. The number of aryl methyl sites for hydroxylation is 1. The average Bonchev–Trinajstić information content (AvgIpc) is 3.21. The van der Waals surface area contributed by atoms with Gasteiger partial charge in [-0.2, -0.15) is 0 Å². The van der Waals surface area contributed by atoms with E-state index >= 15 is 0 Å². The summed E-state index contributed by atoms with van der Waals surface area (Å²) < 4.78 is 16.0. The molecule has 0 bridgehead atoms. The third-order valence-electron chi connectivity index (χ3n) is 4.63. The molecule has 0 atom stereocenters. The lowest BCUT2D eigenvalue weighted by molar-refractivity contribution is -0.115. The number of nitrogens with zero attached hydrogens (tertiary/aromatic N) is 1. The van der Waals surface area contributed by atoms with Crippen LogP contribution in [0.2, 0.25) is 0 Å². The number of carbonyl (C=O) groups is 1. The number of aromatic nitrogens is 1. The molecule has 0 saturated carbocycles. The number of amides is 1. The summed E-state index contributed by atoms with van der Waals surface area (Å²) in [6, 6.07) is 15.2. The van der Waals surface area contributed by atoms with Crippen LogP contribution in [-0.4, -0.2) is 25.3 Å². The van der Waals surface area contributed by atoms with E-state index in [4.69, 9.17) is 14.0 Å². The summed E-state index contributed by atoms with van der Waals surface area (Å²) in [6.07, 6.45) is 3.53. The van der Waals surface area contributed by atoms with Crippen molar-refractivity contribution in [2.75, 3.05) is 19.5 Å². The number of methoxy groups -OCH3 is 2. The van der Waals surface area contributed by atoms with Crippen LogP contribution in [0.1, 0.15) is 31.0 Å². The Morgan fingerprint density at radius 1 is 1.03 bits per heavy atom. The molecular formula is C23H26N2O4. The summed E-state index contributed by atoms with van der Waals surface area (Å²) in [5, 5.41) is 6.91. The van der Waals surface area contributed by atoms with E-state index in [9.17, 15) is 4.79 Å². The van der Waals surface area contributed by atoms with Gasteiger partial charge < -0.3 is 19.3 Å². The van der Waals surface area contributed by atoms with Crippen molar-refractivity contribution in [1.29, 1.82) is 0 Å². The van der Waals surface area contributed by atoms with E-state index in [1.54, 1.807) is 26.4 Å². The number of rotatable bonds is 9. The van der Waals surface area contributed by atoms with Gasteiger partial charge in [0.25, 0.3) is 0 Å². The van der Waals surface area contributed by atoms with Gasteiger partial charge in [0, 0.05) is 17.3 Å². The first-order chi connectivity index (χ1) is 14.1. The van der Waals surface area contributed by atoms with Crippen LogP contribution in [0, 0.1) is 0 Å². The Kier molecular flexibility index (Phi) is 6.89. The number of nitrogens with one attached hydrogen (secondary N) is 1. The Balaban J connectivity index is 1.61. The number of unbranched alkanes of at least 4 members (excludes halogenated alkanes) is 1. The Labute approximate surface area is 170 Å². The lowest BCUT2D eigenvalue weighted by atomic mass is 10.1. The Bertz CT molecular complexity index is 948. The highest BCUT2D eigenvalue weighted by Crippen LogP contribution is 2.32. The molecule has 0 aliphatic rings. The fraction of sp³-hybridized carbons (Fsp3) is 0.304. The van der Waals surface area contributed by atoms with E-state index in [0.29, 0.717) is 23.0 Å². The zero-order valence-electron chi connectivity index (χ0n) is 17.0. The second-order valence-corrected chi connectivity index (χ2v) is 6.78. The van der Waals surface area contributed by atoms with Gasteiger partial charge in [0.2, 0.25) is 5.91 Å². The van der Waals surface area contributed by atoms with Crippen molar-refractivity contribution >= 4 is 11.6 Å². The van der Waals surface area contributed by atoms with Gasteiger partial charge >= 0.3 is 0 Å². The van der Waals surface area contributed by atoms with Crippen molar-refractivity contribution in [1.82, 2.24) is 5.16 Å². The molecule has 29 heavy (non-hydrogen) atoms. The van der Waals surface area contributed by atoms with Gasteiger partial charge in [-0.15, -0.1) is 0 Å². The van der Waals surface area contributed by atoms with E-state index < -0.39 is 0 Å². The molecule has 1 aromatic heterocycles. The molecule has 2 aromatic carbocycles.